The molecule has 172 valence electrons. The Kier molecular flexibility index (Phi) is 8.41. The van der Waals surface area contributed by atoms with Crippen molar-refractivity contribution in [2.75, 3.05) is 0 Å². The molecular weight excluding hydrogens is 432 g/mol. The molecule has 3 aromatic carbocycles. The van der Waals surface area contributed by atoms with Crippen molar-refractivity contribution in [2.24, 2.45) is 0 Å². The fourth-order valence-electron chi connectivity index (χ4n) is 3.07. The van der Waals surface area contributed by atoms with Gasteiger partial charge in [-0.05, 0) is 65.9 Å². The minimum absolute atomic E-state index is 0.316. The Labute approximate surface area is 198 Å². The molecule has 0 fully saturated rings. The van der Waals surface area contributed by atoms with Crippen molar-refractivity contribution in [3.8, 4) is 33.8 Å². The van der Waals surface area contributed by atoms with E-state index in [4.69, 9.17) is 14.2 Å². The predicted octanol–water partition coefficient (Wildman–Crippen LogP) is 6.32. The Morgan fingerprint density at radius 2 is 1.32 bits per heavy atom. The molecule has 0 aromatic heterocycles. The standard InChI is InChI=1S/C28H24O6/c1-20(2)28(30)34-17-16-33-26-11-6-23(7-12-26)27-13-8-24(18-21(27)3)22-4-9-25(10-5-22)32-15-14-31-19-29/h4-19H,1H2,2-3H3/b15-14-,17-16-. The molecule has 0 amide bonds. The number of rotatable bonds is 10. The summed E-state index contributed by atoms with van der Waals surface area (Å²) in [4.78, 5) is 21.4. The molecule has 6 nitrogen and oxygen atoms in total. The fraction of sp³-hybridized carbons (Fsp3) is 0.0714. The zero-order chi connectivity index (χ0) is 24.3. The Bertz CT molecular complexity index is 1200. The average Bonchev–Trinajstić information content (AvgIpc) is 2.85. The first kappa shape index (κ1) is 24.1. The van der Waals surface area contributed by atoms with Crippen molar-refractivity contribution in [1.82, 2.24) is 0 Å². The number of hydrogen-bond donors (Lipinski definition) is 0. The number of ether oxygens (including phenoxy) is 4. The van der Waals surface area contributed by atoms with Crippen LogP contribution in [-0.4, -0.2) is 12.4 Å². The largest absolute Gasteiger partial charge is 0.462 e. The minimum Gasteiger partial charge on any atom is -0.462 e. The highest BCUT2D eigenvalue weighted by Gasteiger charge is 2.06. The van der Waals surface area contributed by atoms with Gasteiger partial charge in [-0.15, -0.1) is 0 Å². The quantitative estimate of drug-likeness (QED) is 0.154. The summed E-state index contributed by atoms with van der Waals surface area (Å²) in [6, 6.07) is 21.5. The van der Waals surface area contributed by atoms with E-state index in [0.29, 0.717) is 23.5 Å². The van der Waals surface area contributed by atoms with Gasteiger partial charge < -0.3 is 18.9 Å². The third-order valence-corrected chi connectivity index (χ3v) is 4.76. The van der Waals surface area contributed by atoms with Gasteiger partial charge >= 0.3 is 5.97 Å². The zero-order valence-corrected chi connectivity index (χ0v) is 18.9. The Morgan fingerprint density at radius 1 is 0.765 bits per heavy atom. The van der Waals surface area contributed by atoms with Crippen LogP contribution in [0.25, 0.3) is 22.3 Å². The highest BCUT2D eigenvalue weighted by Crippen LogP contribution is 2.30. The molecule has 0 unspecified atom stereocenters. The van der Waals surface area contributed by atoms with Gasteiger partial charge in [-0.3, -0.25) is 4.79 Å². The summed E-state index contributed by atoms with van der Waals surface area (Å²) >= 11 is 0. The average molecular weight is 456 g/mol. The highest BCUT2D eigenvalue weighted by molar-refractivity contribution is 5.87. The molecule has 3 rings (SSSR count). The fourth-order valence-corrected chi connectivity index (χ4v) is 3.07. The van der Waals surface area contributed by atoms with E-state index >= 15 is 0 Å². The molecule has 34 heavy (non-hydrogen) atoms. The number of carbonyl (C=O) groups is 2. The maximum Gasteiger partial charge on any atom is 0.338 e. The predicted molar refractivity (Wildman–Crippen MR) is 130 cm³/mol. The molecule has 0 atom stereocenters. The maximum atomic E-state index is 11.3. The second kappa shape index (κ2) is 11.9. The summed E-state index contributed by atoms with van der Waals surface area (Å²) in [7, 11) is 0. The number of carbonyl (C=O) groups excluding carboxylic acids is 2. The van der Waals surface area contributed by atoms with Gasteiger partial charge in [0, 0.05) is 5.57 Å². The van der Waals surface area contributed by atoms with Crippen LogP contribution in [0.1, 0.15) is 12.5 Å². The van der Waals surface area contributed by atoms with E-state index in [1.807, 2.05) is 48.5 Å². The summed E-state index contributed by atoms with van der Waals surface area (Å²) in [5, 5.41) is 0. The summed E-state index contributed by atoms with van der Waals surface area (Å²) in [5.74, 6) is 0.751. The highest BCUT2D eigenvalue weighted by atomic mass is 16.5. The summed E-state index contributed by atoms with van der Waals surface area (Å²) in [5.41, 5.74) is 5.76. The number of hydrogen-bond acceptors (Lipinski definition) is 6. The van der Waals surface area contributed by atoms with Crippen LogP contribution in [0, 0.1) is 6.92 Å². The van der Waals surface area contributed by atoms with Crippen molar-refractivity contribution in [1.29, 1.82) is 0 Å². The summed E-state index contributed by atoms with van der Waals surface area (Å²) < 4.78 is 20.1. The van der Waals surface area contributed by atoms with E-state index in [1.54, 1.807) is 6.92 Å². The van der Waals surface area contributed by atoms with E-state index in [9.17, 15) is 9.59 Å². The first-order valence-electron chi connectivity index (χ1n) is 10.4. The summed E-state index contributed by atoms with van der Waals surface area (Å²) in [6.07, 6.45) is 4.96. The van der Waals surface area contributed by atoms with Crippen LogP contribution in [0.15, 0.2) is 104 Å². The molecular formula is C28H24O6. The second-order valence-corrected chi connectivity index (χ2v) is 7.28. The van der Waals surface area contributed by atoms with Crippen molar-refractivity contribution in [3.63, 3.8) is 0 Å². The normalized spacial score (nSPS) is 10.8. The van der Waals surface area contributed by atoms with Crippen molar-refractivity contribution >= 4 is 12.4 Å². The van der Waals surface area contributed by atoms with E-state index in [0.717, 1.165) is 27.8 Å². The zero-order valence-electron chi connectivity index (χ0n) is 18.9. The smallest absolute Gasteiger partial charge is 0.338 e. The lowest BCUT2D eigenvalue weighted by Gasteiger charge is -2.10. The van der Waals surface area contributed by atoms with Gasteiger partial charge in [0.1, 0.15) is 36.5 Å². The lowest BCUT2D eigenvalue weighted by molar-refractivity contribution is -0.133. The monoisotopic (exact) mass is 456 g/mol. The Balaban J connectivity index is 1.64. The van der Waals surface area contributed by atoms with Crippen LogP contribution < -0.4 is 9.47 Å². The number of benzene rings is 3. The topological polar surface area (TPSA) is 71.1 Å². The van der Waals surface area contributed by atoms with Gasteiger partial charge in [-0.25, -0.2) is 4.79 Å². The van der Waals surface area contributed by atoms with Gasteiger partial charge in [0.15, 0.2) is 0 Å². The number of aryl methyl sites for hydroxylation is 1. The molecule has 0 spiro atoms. The first-order valence-corrected chi connectivity index (χ1v) is 10.4. The molecule has 0 heterocycles. The second-order valence-electron chi connectivity index (χ2n) is 7.28. The lowest BCUT2D eigenvalue weighted by Crippen LogP contribution is -1.99. The summed E-state index contributed by atoms with van der Waals surface area (Å²) in [6.45, 7) is 7.47. The maximum absolute atomic E-state index is 11.3. The Morgan fingerprint density at radius 3 is 1.88 bits per heavy atom. The molecule has 0 saturated carbocycles. The molecule has 0 aliphatic carbocycles. The molecule has 0 radical (unpaired) electrons. The van der Waals surface area contributed by atoms with Crippen LogP contribution in [0.5, 0.6) is 11.5 Å². The van der Waals surface area contributed by atoms with E-state index in [2.05, 4.69) is 36.4 Å². The molecule has 3 aromatic rings. The van der Waals surface area contributed by atoms with Gasteiger partial charge in [0.25, 0.3) is 6.47 Å². The Hall–Kier alpha value is -4.58. The first-order chi connectivity index (χ1) is 16.5. The molecule has 6 heteroatoms. The molecule has 0 N–H and O–H groups in total. The SMILES string of the molecule is C=C(C)C(=O)O/C=C\Oc1ccc(-c2ccc(-c3ccc(O/C=C\OC=O)cc3)cc2C)cc1. The molecule has 0 saturated heterocycles. The number of esters is 1. The van der Waals surface area contributed by atoms with Crippen LogP contribution in [0.2, 0.25) is 0 Å². The molecule has 0 bridgehead atoms. The van der Waals surface area contributed by atoms with Crippen LogP contribution in [0.4, 0.5) is 0 Å². The van der Waals surface area contributed by atoms with E-state index in [-0.39, 0.29) is 0 Å². The van der Waals surface area contributed by atoms with Crippen LogP contribution in [0.3, 0.4) is 0 Å². The van der Waals surface area contributed by atoms with Crippen LogP contribution >= 0.6 is 0 Å². The van der Waals surface area contributed by atoms with Gasteiger partial charge in [0.2, 0.25) is 0 Å². The van der Waals surface area contributed by atoms with E-state index < -0.39 is 5.97 Å². The van der Waals surface area contributed by atoms with Crippen molar-refractivity contribution in [3.05, 3.63) is 109 Å². The van der Waals surface area contributed by atoms with Crippen LogP contribution in [-0.2, 0) is 19.1 Å². The van der Waals surface area contributed by atoms with E-state index in [1.165, 1.54) is 25.0 Å². The third kappa shape index (κ3) is 6.71. The van der Waals surface area contributed by atoms with Crippen molar-refractivity contribution < 1.29 is 28.5 Å². The molecule has 0 aliphatic heterocycles. The third-order valence-electron chi connectivity index (χ3n) is 4.76. The lowest BCUT2D eigenvalue weighted by atomic mass is 9.96. The van der Waals surface area contributed by atoms with Gasteiger partial charge in [0.05, 0.1) is 0 Å². The molecule has 0 aliphatic rings. The van der Waals surface area contributed by atoms with Gasteiger partial charge in [-0.1, -0.05) is 49.0 Å². The van der Waals surface area contributed by atoms with Crippen molar-refractivity contribution in [2.45, 2.75) is 13.8 Å². The minimum atomic E-state index is -0.503. The van der Waals surface area contributed by atoms with Gasteiger partial charge in [-0.2, -0.15) is 0 Å².